The Bertz CT molecular complexity index is 793. The molecule has 0 saturated carbocycles. The fraction of sp³-hybridized carbons (Fsp3) is 0.375. The Morgan fingerprint density at radius 3 is 2.52 bits per heavy atom. The van der Waals surface area contributed by atoms with Crippen molar-refractivity contribution >= 4 is 5.97 Å². The number of carboxylic acids is 1. The summed E-state index contributed by atoms with van der Waals surface area (Å²) in [6.07, 6.45) is -9.13. The minimum Gasteiger partial charge on any atom is -0.480 e. The SMILES string of the molecule is O=C(O)C12CC(C(F)(F)F)=CC(Cc3ncccc31)/C2=C\C(F)(F)F. The first-order valence-electron chi connectivity index (χ1n) is 7.21. The van der Waals surface area contributed by atoms with E-state index in [2.05, 4.69) is 4.98 Å². The van der Waals surface area contributed by atoms with Crippen LogP contribution in [-0.4, -0.2) is 28.4 Å². The molecule has 1 aromatic heterocycles. The van der Waals surface area contributed by atoms with Crippen molar-refractivity contribution in [3.8, 4) is 0 Å². The average molecular weight is 363 g/mol. The van der Waals surface area contributed by atoms with Crippen LogP contribution >= 0.6 is 0 Å². The number of alkyl halides is 6. The molecule has 134 valence electrons. The van der Waals surface area contributed by atoms with Gasteiger partial charge in [-0.05, 0) is 17.2 Å². The van der Waals surface area contributed by atoms with E-state index < -0.39 is 47.2 Å². The summed E-state index contributed by atoms with van der Waals surface area (Å²) in [7, 11) is 0. The number of allylic oxidation sites excluding steroid dienone is 3. The van der Waals surface area contributed by atoms with E-state index in [-0.39, 0.29) is 23.8 Å². The van der Waals surface area contributed by atoms with Gasteiger partial charge in [-0.25, -0.2) is 0 Å². The molecule has 1 N–H and O–H groups in total. The predicted molar refractivity (Wildman–Crippen MR) is 73.6 cm³/mol. The molecule has 2 unspecified atom stereocenters. The van der Waals surface area contributed by atoms with E-state index in [4.69, 9.17) is 0 Å². The molecule has 9 heteroatoms. The van der Waals surface area contributed by atoms with Gasteiger partial charge in [0.15, 0.2) is 0 Å². The summed E-state index contributed by atoms with van der Waals surface area (Å²) in [6, 6.07) is 2.54. The first-order valence-corrected chi connectivity index (χ1v) is 7.21. The lowest BCUT2D eigenvalue weighted by atomic mass is 9.57. The highest BCUT2D eigenvalue weighted by Crippen LogP contribution is 2.54. The molecule has 0 radical (unpaired) electrons. The fourth-order valence-electron chi connectivity index (χ4n) is 3.63. The lowest BCUT2D eigenvalue weighted by Gasteiger charge is -2.45. The Morgan fingerprint density at radius 2 is 1.96 bits per heavy atom. The molecule has 1 aromatic rings. The molecule has 0 saturated heterocycles. The second-order valence-corrected chi connectivity index (χ2v) is 6.03. The largest absolute Gasteiger partial charge is 0.480 e. The molecule has 0 fully saturated rings. The van der Waals surface area contributed by atoms with Crippen molar-refractivity contribution in [3.63, 3.8) is 0 Å². The van der Waals surface area contributed by atoms with Crippen LogP contribution in [0.4, 0.5) is 26.3 Å². The summed E-state index contributed by atoms with van der Waals surface area (Å²) >= 11 is 0. The van der Waals surface area contributed by atoms with Crippen LogP contribution in [0.5, 0.6) is 0 Å². The molecule has 1 heterocycles. The van der Waals surface area contributed by atoms with Gasteiger partial charge in [0.1, 0.15) is 5.41 Å². The Kier molecular flexibility index (Phi) is 3.74. The smallest absolute Gasteiger partial charge is 0.412 e. The van der Waals surface area contributed by atoms with Gasteiger partial charge in [0.05, 0.1) is 0 Å². The molecule has 0 spiro atoms. The number of pyridine rings is 1. The van der Waals surface area contributed by atoms with Crippen LogP contribution in [0.15, 0.2) is 41.6 Å². The number of halogens is 6. The van der Waals surface area contributed by atoms with Gasteiger partial charge < -0.3 is 5.11 Å². The Labute approximate surface area is 137 Å². The maximum atomic E-state index is 13.2. The van der Waals surface area contributed by atoms with Crippen molar-refractivity contribution in [1.82, 2.24) is 4.98 Å². The van der Waals surface area contributed by atoms with E-state index in [0.717, 1.165) is 0 Å². The van der Waals surface area contributed by atoms with Gasteiger partial charge in [0.25, 0.3) is 0 Å². The third kappa shape index (κ3) is 2.81. The number of rotatable bonds is 1. The first kappa shape index (κ1) is 17.5. The number of carboxylic acid groups (broad SMARTS) is 1. The van der Waals surface area contributed by atoms with E-state index in [1.165, 1.54) is 18.3 Å². The van der Waals surface area contributed by atoms with Gasteiger partial charge >= 0.3 is 18.3 Å². The number of fused-ring (bicyclic) bond motifs is 4. The maximum Gasteiger partial charge on any atom is 0.412 e. The van der Waals surface area contributed by atoms with Crippen LogP contribution in [0.25, 0.3) is 0 Å². The monoisotopic (exact) mass is 363 g/mol. The highest BCUT2D eigenvalue weighted by molar-refractivity contribution is 5.88. The number of hydrogen-bond acceptors (Lipinski definition) is 2. The van der Waals surface area contributed by atoms with Crippen molar-refractivity contribution in [1.29, 1.82) is 0 Å². The fourth-order valence-corrected chi connectivity index (χ4v) is 3.63. The summed E-state index contributed by atoms with van der Waals surface area (Å²) in [6.45, 7) is 0. The zero-order chi connectivity index (χ0) is 18.6. The Morgan fingerprint density at radius 1 is 1.28 bits per heavy atom. The second-order valence-electron chi connectivity index (χ2n) is 6.03. The Hall–Kier alpha value is -2.32. The van der Waals surface area contributed by atoms with Crippen molar-refractivity contribution in [2.24, 2.45) is 5.92 Å². The molecular weight excluding hydrogens is 352 g/mol. The normalized spacial score (nSPS) is 27.7. The first-order chi connectivity index (χ1) is 11.4. The number of carbonyl (C=O) groups is 1. The maximum absolute atomic E-state index is 13.2. The van der Waals surface area contributed by atoms with Gasteiger partial charge in [-0.2, -0.15) is 26.3 Å². The third-order valence-corrected chi connectivity index (χ3v) is 4.56. The van der Waals surface area contributed by atoms with Crippen LogP contribution in [-0.2, 0) is 16.6 Å². The Balaban J connectivity index is 2.34. The van der Waals surface area contributed by atoms with Crippen LogP contribution in [0.1, 0.15) is 17.7 Å². The van der Waals surface area contributed by atoms with Crippen molar-refractivity contribution in [3.05, 3.63) is 52.9 Å². The van der Waals surface area contributed by atoms with E-state index in [0.29, 0.717) is 6.08 Å². The van der Waals surface area contributed by atoms with Crippen LogP contribution in [0.2, 0.25) is 0 Å². The van der Waals surface area contributed by atoms with Gasteiger partial charge in [-0.15, -0.1) is 0 Å². The highest BCUT2D eigenvalue weighted by atomic mass is 19.4. The lowest BCUT2D eigenvalue weighted by Crippen LogP contribution is -2.49. The van der Waals surface area contributed by atoms with Crippen molar-refractivity contribution in [2.75, 3.05) is 0 Å². The van der Waals surface area contributed by atoms with E-state index in [1.54, 1.807) is 0 Å². The summed E-state index contributed by atoms with van der Waals surface area (Å²) in [4.78, 5) is 16.0. The molecule has 3 rings (SSSR count). The quantitative estimate of drug-likeness (QED) is 0.607. The minimum absolute atomic E-state index is 0.121. The van der Waals surface area contributed by atoms with Gasteiger partial charge in [-0.3, -0.25) is 9.78 Å². The van der Waals surface area contributed by atoms with Crippen molar-refractivity contribution < 1.29 is 36.2 Å². The number of nitrogens with zero attached hydrogens (tertiary/aromatic N) is 1. The zero-order valence-corrected chi connectivity index (χ0v) is 12.4. The highest BCUT2D eigenvalue weighted by Gasteiger charge is 2.57. The van der Waals surface area contributed by atoms with Crippen LogP contribution in [0, 0.1) is 5.92 Å². The van der Waals surface area contributed by atoms with E-state index in [1.807, 2.05) is 0 Å². The summed E-state index contributed by atoms with van der Waals surface area (Å²) in [5.41, 5.74) is -4.06. The van der Waals surface area contributed by atoms with Crippen molar-refractivity contribution in [2.45, 2.75) is 30.6 Å². The van der Waals surface area contributed by atoms with Crippen LogP contribution in [0.3, 0.4) is 0 Å². The molecule has 2 aliphatic carbocycles. The molecule has 2 bridgehead atoms. The van der Waals surface area contributed by atoms with Gasteiger partial charge in [-0.1, -0.05) is 12.1 Å². The molecule has 0 amide bonds. The molecule has 2 aliphatic rings. The average Bonchev–Trinajstić information content (AvgIpc) is 2.44. The number of aromatic nitrogens is 1. The predicted octanol–water partition coefficient (Wildman–Crippen LogP) is 3.96. The van der Waals surface area contributed by atoms with Crippen LogP contribution < -0.4 is 0 Å². The molecule has 3 nitrogen and oxygen atoms in total. The molecule has 0 aromatic carbocycles. The zero-order valence-electron chi connectivity index (χ0n) is 12.4. The summed E-state index contributed by atoms with van der Waals surface area (Å²) in [5, 5.41) is 9.71. The summed E-state index contributed by atoms with van der Waals surface area (Å²) in [5.74, 6) is -3.08. The third-order valence-electron chi connectivity index (χ3n) is 4.56. The molecule has 2 atom stereocenters. The van der Waals surface area contributed by atoms with Gasteiger partial charge in [0, 0.05) is 42.3 Å². The molecular formula is C16H11F6NO2. The topological polar surface area (TPSA) is 50.2 Å². The van der Waals surface area contributed by atoms with Gasteiger partial charge in [0.2, 0.25) is 0 Å². The lowest BCUT2D eigenvalue weighted by molar-refractivity contribution is -0.144. The van der Waals surface area contributed by atoms with E-state index >= 15 is 0 Å². The molecule has 25 heavy (non-hydrogen) atoms. The molecule has 0 aliphatic heterocycles. The standard InChI is InChI=1S/C16H11F6NO2/c17-15(18,19)7-11-8-4-9(16(20,21)22)6-14(11,13(24)25)10-2-1-3-23-12(10)5-8/h1-4,7-8H,5-6H2,(H,24,25)/b11-7+. The second kappa shape index (κ2) is 5.34. The number of hydrogen-bond donors (Lipinski definition) is 1. The summed E-state index contributed by atoms with van der Waals surface area (Å²) < 4.78 is 78.5. The van der Waals surface area contributed by atoms with E-state index in [9.17, 15) is 36.2 Å². The number of aliphatic carboxylic acids is 1. The minimum atomic E-state index is -4.85.